The molecule has 1 aliphatic carbocycles. The van der Waals surface area contributed by atoms with E-state index < -0.39 is 0 Å². The van der Waals surface area contributed by atoms with Gasteiger partial charge in [0.25, 0.3) is 0 Å². The van der Waals surface area contributed by atoms with Crippen LogP contribution in [0.3, 0.4) is 0 Å². The molecule has 0 aliphatic heterocycles. The highest BCUT2D eigenvalue weighted by Gasteiger charge is 2.15. The SMILES string of the molecule is COCCNCCCCN(C)C1CCCCCC1. The molecule has 0 aromatic heterocycles. The Bertz CT molecular complexity index is 179. The molecule has 0 amide bonds. The minimum atomic E-state index is 0.821. The Kier molecular flexibility index (Phi) is 9.54. The summed E-state index contributed by atoms with van der Waals surface area (Å²) in [4.78, 5) is 2.60. The van der Waals surface area contributed by atoms with Gasteiger partial charge in [0.15, 0.2) is 0 Å². The Morgan fingerprint density at radius 1 is 1.06 bits per heavy atom. The lowest BCUT2D eigenvalue weighted by Crippen LogP contribution is -2.32. The lowest BCUT2D eigenvalue weighted by Gasteiger charge is -2.27. The van der Waals surface area contributed by atoms with Crippen molar-refractivity contribution in [3.63, 3.8) is 0 Å². The van der Waals surface area contributed by atoms with Crippen LogP contribution in [0.1, 0.15) is 51.4 Å². The van der Waals surface area contributed by atoms with E-state index in [1.54, 1.807) is 7.11 Å². The maximum atomic E-state index is 5.01. The van der Waals surface area contributed by atoms with E-state index in [4.69, 9.17) is 4.74 Å². The van der Waals surface area contributed by atoms with Crippen LogP contribution in [0.15, 0.2) is 0 Å². The molecule has 0 radical (unpaired) electrons. The molecule has 0 aromatic rings. The number of unbranched alkanes of at least 4 members (excludes halogenated alkanes) is 1. The summed E-state index contributed by atoms with van der Waals surface area (Å²) in [6, 6.07) is 0.856. The molecule has 0 atom stereocenters. The smallest absolute Gasteiger partial charge is 0.0587 e. The van der Waals surface area contributed by atoms with Gasteiger partial charge in [0.1, 0.15) is 0 Å². The lowest BCUT2D eigenvalue weighted by molar-refractivity contribution is 0.198. The van der Waals surface area contributed by atoms with Crippen molar-refractivity contribution in [2.24, 2.45) is 0 Å². The molecule has 1 saturated carbocycles. The molecule has 0 spiro atoms. The number of nitrogens with one attached hydrogen (secondary N) is 1. The molecule has 0 saturated heterocycles. The van der Waals surface area contributed by atoms with Gasteiger partial charge in [0.2, 0.25) is 0 Å². The van der Waals surface area contributed by atoms with E-state index in [0.29, 0.717) is 0 Å². The predicted molar refractivity (Wildman–Crippen MR) is 78.1 cm³/mol. The number of methoxy groups -OCH3 is 1. The number of hydrogen-bond acceptors (Lipinski definition) is 3. The highest BCUT2D eigenvalue weighted by Crippen LogP contribution is 2.21. The highest BCUT2D eigenvalue weighted by molar-refractivity contribution is 4.72. The van der Waals surface area contributed by atoms with E-state index in [1.807, 2.05) is 0 Å². The molecule has 18 heavy (non-hydrogen) atoms. The Balaban J connectivity index is 1.96. The lowest BCUT2D eigenvalue weighted by atomic mass is 10.1. The van der Waals surface area contributed by atoms with E-state index in [2.05, 4.69) is 17.3 Å². The van der Waals surface area contributed by atoms with E-state index >= 15 is 0 Å². The third kappa shape index (κ3) is 7.34. The summed E-state index contributed by atoms with van der Waals surface area (Å²) in [7, 11) is 4.07. The second-order valence-electron chi connectivity index (χ2n) is 5.58. The second kappa shape index (κ2) is 10.8. The first-order valence-corrected chi connectivity index (χ1v) is 7.74. The Hall–Kier alpha value is -0.120. The average molecular weight is 256 g/mol. The maximum absolute atomic E-state index is 5.01. The fraction of sp³-hybridized carbons (Fsp3) is 1.00. The van der Waals surface area contributed by atoms with Crippen LogP contribution in [0.4, 0.5) is 0 Å². The minimum Gasteiger partial charge on any atom is -0.383 e. The monoisotopic (exact) mass is 256 g/mol. The van der Waals surface area contributed by atoms with E-state index in [0.717, 1.165) is 25.7 Å². The van der Waals surface area contributed by atoms with Crippen molar-refractivity contribution in [1.29, 1.82) is 0 Å². The van der Waals surface area contributed by atoms with Gasteiger partial charge in [0.05, 0.1) is 6.61 Å². The summed E-state index contributed by atoms with van der Waals surface area (Å²) in [6.45, 7) is 4.19. The van der Waals surface area contributed by atoms with Gasteiger partial charge in [-0.2, -0.15) is 0 Å². The van der Waals surface area contributed by atoms with E-state index in [-0.39, 0.29) is 0 Å². The Labute approximate surface area is 113 Å². The molecule has 0 aromatic carbocycles. The third-order valence-corrected chi connectivity index (χ3v) is 4.05. The molecular formula is C15H32N2O. The molecule has 3 heteroatoms. The quantitative estimate of drug-likeness (QED) is 0.507. The predicted octanol–water partition coefficient (Wildman–Crippen LogP) is 2.66. The van der Waals surface area contributed by atoms with Gasteiger partial charge >= 0.3 is 0 Å². The molecule has 0 bridgehead atoms. The zero-order valence-corrected chi connectivity index (χ0v) is 12.4. The fourth-order valence-corrected chi connectivity index (χ4v) is 2.79. The van der Waals surface area contributed by atoms with E-state index in [1.165, 1.54) is 57.9 Å². The Morgan fingerprint density at radius 3 is 2.44 bits per heavy atom. The minimum absolute atomic E-state index is 0.821. The molecule has 0 heterocycles. The fourth-order valence-electron chi connectivity index (χ4n) is 2.79. The van der Waals surface area contributed by atoms with Crippen LogP contribution >= 0.6 is 0 Å². The van der Waals surface area contributed by atoms with E-state index in [9.17, 15) is 0 Å². The normalized spacial score (nSPS) is 18.2. The number of nitrogens with zero attached hydrogens (tertiary/aromatic N) is 1. The zero-order valence-electron chi connectivity index (χ0n) is 12.4. The molecule has 1 N–H and O–H groups in total. The third-order valence-electron chi connectivity index (χ3n) is 4.05. The van der Waals surface area contributed by atoms with Crippen LogP contribution in [-0.2, 0) is 4.74 Å². The van der Waals surface area contributed by atoms with Gasteiger partial charge in [-0.15, -0.1) is 0 Å². The summed E-state index contributed by atoms with van der Waals surface area (Å²) in [5, 5.41) is 3.41. The van der Waals surface area contributed by atoms with Gasteiger partial charge in [-0.25, -0.2) is 0 Å². The van der Waals surface area contributed by atoms with Crippen molar-refractivity contribution in [1.82, 2.24) is 10.2 Å². The number of rotatable bonds is 9. The van der Waals surface area contributed by atoms with Gasteiger partial charge in [-0.3, -0.25) is 0 Å². The first kappa shape index (κ1) is 15.9. The largest absolute Gasteiger partial charge is 0.383 e. The number of hydrogen-bond donors (Lipinski definition) is 1. The van der Waals surface area contributed by atoms with Crippen LogP contribution in [0, 0.1) is 0 Å². The van der Waals surface area contributed by atoms with Crippen molar-refractivity contribution >= 4 is 0 Å². The molecule has 108 valence electrons. The number of ether oxygens (including phenoxy) is 1. The van der Waals surface area contributed by atoms with Crippen LogP contribution in [0.5, 0.6) is 0 Å². The van der Waals surface area contributed by atoms with Gasteiger partial charge in [-0.05, 0) is 45.8 Å². The molecule has 3 nitrogen and oxygen atoms in total. The summed E-state index contributed by atoms with van der Waals surface area (Å²) in [5.41, 5.74) is 0. The van der Waals surface area contributed by atoms with Crippen LogP contribution in [-0.4, -0.2) is 51.3 Å². The van der Waals surface area contributed by atoms with Gasteiger partial charge in [0, 0.05) is 19.7 Å². The molecule has 0 unspecified atom stereocenters. The van der Waals surface area contributed by atoms with Crippen molar-refractivity contribution in [3.8, 4) is 0 Å². The van der Waals surface area contributed by atoms with Crippen LogP contribution in [0.2, 0.25) is 0 Å². The summed E-state index contributed by atoms with van der Waals surface area (Å²) >= 11 is 0. The standard InChI is InChI=1S/C15H32N2O/c1-17(15-9-5-3-4-6-10-15)13-8-7-11-16-12-14-18-2/h15-16H,3-14H2,1-2H3. The van der Waals surface area contributed by atoms with Crippen molar-refractivity contribution in [2.75, 3.05) is 40.4 Å². The zero-order chi connectivity index (χ0) is 13.1. The highest BCUT2D eigenvalue weighted by atomic mass is 16.5. The molecule has 1 fully saturated rings. The van der Waals surface area contributed by atoms with Crippen molar-refractivity contribution < 1.29 is 4.74 Å². The van der Waals surface area contributed by atoms with Crippen molar-refractivity contribution in [2.45, 2.75) is 57.4 Å². The topological polar surface area (TPSA) is 24.5 Å². The van der Waals surface area contributed by atoms with Gasteiger partial charge in [-0.1, -0.05) is 25.7 Å². The van der Waals surface area contributed by atoms with Crippen molar-refractivity contribution in [3.05, 3.63) is 0 Å². The van der Waals surface area contributed by atoms with Crippen LogP contribution < -0.4 is 5.32 Å². The Morgan fingerprint density at radius 2 is 1.78 bits per heavy atom. The maximum Gasteiger partial charge on any atom is 0.0587 e. The molecule has 1 rings (SSSR count). The van der Waals surface area contributed by atoms with Gasteiger partial charge < -0.3 is 15.0 Å². The second-order valence-corrected chi connectivity index (χ2v) is 5.58. The summed E-state index contributed by atoms with van der Waals surface area (Å²) < 4.78 is 5.01. The molecule has 1 aliphatic rings. The van der Waals surface area contributed by atoms with Crippen LogP contribution in [0.25, 0.3) is 0 Å². The summed E-state index contributed by atoms with van der Waals surface area (Å²) in [6.07, 6.45) is 11.2. The molecular weight excluding hydrogens is 224 g/mol. The first-order valence-electron chi connectivity index (χ1n) is 7.74. The first-order chi connectivity index (χ1) is 8.84. The summed E-state index contributed by atoms with van der Waals surface area (Å²) in [5.74, 6) is 0. The average Bonchev–Trinajstić information content (AvgIpc) is 2.66.